The summed E-state index contributed by atoms with van der Waals surface area (Å²) in [5.74, 6) is 1.88. The van der Waals surface area contributed by atoms with Crippen molar-refractivity contribution in [1.29, 1.82) is 0 Å². The monoisotopic (exact) mass is 308 g/mol. The molecule has 5 heteroatoms. The average molecular weight is 308 g/mol. The van der Waals surface area contributed by atoms with E-state index in [1.165, 1.54) is 0 Å². The number of amides is 2. The molecule has 2 rings (SSSR count). The van der Waals surface area contributed by atoms with E-state index < -0.39 is 0 Å². The predicted octanol–water partition coefficient (Wildman–Crippen LogP) is 3.00. The zero-order valence-corrected chi connectivity index (χ0v) is 13.6. The van der Waals surface area contributed by atoms with Crippen LogP contribution in [-0.4, -0.2) is 24.3 Å². The Labute approximate surface area is 132 Å². The van der Waals surface area contributed by atoms with E-state index in [9.17, 15) is 4.79 Å². The largest absolute Gasteiger partial charge is 0.469 e. The van der Waals surface area contributed by atoms with Crippen molar-refractivity contribution in [3.8, 4) is 0 Å². The normalized spacial score (nSPS) is 18.8. The van der Waals surface area contributed by atoms with Crippen molar-refractivity contribution in [2.24, 2.45) is 11.8 Å². The van der Waals surface area contributed by atoms with E-state index in [0.29, 0.717) is 18.4 Å². The molecule has 0 fully saturated rings. The maximum Gasteiger partial charge on any atom is 0.315 e. The van der Waals surface area contributed by atoms with Crippen LogP contribution >= 0.6 is 0 Å². The Kier molecular flexibility index (Phi) is 6.31. The number of hydrogen-bond donors (Lipinski definition) is 3. The summed E-state index contributed by atoms with van der Waals surface area (Å²) in [5.41, 5.74) is 1.11. The van der Waals surface area contributed by atoms with Gasteiger partial charge >= 0.3 is 6.03 Å². The molecule has 0 radical (unpaired) electrons. The molecule has 1 aromatic heterocycles. The molecule has 0 saturated heterocycles. The first-order chi connectivity index (χ1) is 10.6. The van der Waals surface area contributed by atoms with E-state index in [1.54, 1.807) is 6.26 Å². The number of fused-ring (bicyclic) bond motifs is 1. The molecule has 124 valence electrons. The SMILES string of the molecule is CC(C)CC(CCO)CNC(=O)NC1CCCc2occc21. The molecule has 5 nitrogen and oxygen atoms in total. The molecule has 2 unspecified atom stereocenters. The first-order valence-corrected chi connectivity index (χ1v) is 8.31. The molecule has 0 bridgehead atoms. The van der Waals surface area contributed by atoms with Crippen molar-refractivity contribution in [2.45, 2.75) is 52.0 Å². The molecule has 2 amide bonds. The zero-order chi connectivity index (χ0) is 15.9. The van der Waals surface area contributed by atoms with Crippen molar-refractivity contribution >= 4 is 6.03 Å². The molecular weight excluding hydrogens is 280 g/mol. The standard InChI is InChI=1S/C17H28N2O3/c1-12(2)10-13(6-8-20)11-18-17(21)19-15-4-3-5-16-14(15)7-9-22-16/h7,9,12-13,15,20H,3-6,8,10-11H2,1-2H3,(H2,18,19,21). The molecule has 2 atom stereocenters. The Bertz CT molecular complexity index is 470. The number of carbonyl (C=O) groups excluding carboxylic acids is 1. The number of hydrogen-bond acceptors (Lipinski definition) is 3. The highest BCUT2D eigenvalue weighted by Gasteiger charge is 2.24. The molecule has 0 aromatic carbocycles. The lowest BCUT2D eigenvalue weighted by molar-refractivity contribution is 0.221. The van der Waals surface area contributed by atoms with E-state index >= 15 is 0 Å². The van der Waals surface area contributed by atoms with Gasteiger partial charge in [0.25, 0.3) is 0 Å². The highest BCUT2D eigenvalue weighted by Crippen LogP contribution is 2.30. The van der Waals surface area contributed by atoms with Gasteiger partial charge in [-0.2, -0.15) is 0 Å². The van der Waals surface area contributed by atoms with Gasteiger partial charge in [-0.25, -0.2) is 4.79 Å². The smallest absolute Gasteiger partial charge is 0.315 e. The number of furan rings is 1. The third-order valence-electron chi connectivity index (χ3n) is 4.25. The quantitative estimate of drug-likeness (QED) is 0.725. The minimum absolute atomic E-state index is 0.0453. The molecule has 1 aromatic rings. The summed E-state index contributed by atoms with van der Waals surface area (Å²) in [5, 5.41) is 15.1. The van der Waals surface area contributed by atoms with Gasteiger partial charge in [0.2, 0.25) is 0 Å². The fraction of sp³-hybridized carbons (Fsp3) is 0.706. The molecule has 1 heterocycles. The first-order valence-electron chi connectivity index (χ1n) is 8.31. The van der Waals surface area contributed by atoms with Crippen molar-refractivity contribution in [3.63, 3.8) is 0 Å². The van der Waals surface area contributed by atoms with Crippen molar-refractivity contribution in [3.05, 3.63) is 23.7 Å². The van der Waals surface area contributed by atoms with Gasteiger partial charge in [0.05, 0.1) is 12.3 Å². The molecule has 0 aliphatic heterocycles. The van der Waals surface area contributed by atoms with E-state index in [1.807, 2.05) is 6.07 Å². The van der Waals surface area contributed by atoms with Crippen molar-refractivity contribution in [2.75, 3.05) is 13.2 Å². The van der Waals surface area contributed by atoms with Gasteiger partial charge in [-0.05, 0) is 43.6 Å². The van der Waals surface area contributed by atoms with Gasteiger partial charge in [0.1, 0.15) is 5.76 Å². The second kappa shape index (κ2) is 8.22. The Balaban J connectivity index is 1.81. The number of rotatable bonds is 7. The maximum absolute atomic E-state index is 12.1. The number of urea groups is 1. The average Bonchev–Trinajstić information content (AvgIpc) is 2.94. The summed E-state index contributed by atoms with van der Waals surface area (Å²) in [7, 11) is 0. The second-order valence-electron chi connectivity index (χ2n) is 6.61. The fourth-order valence-corrected chi connectivity index (χ4v) is 3.24. The second-order valence-corrected chi connectivity index (χ2v) is 6.61. The van der Waals surface area contributed by atoms with Crippen LogP contribution in [0.2, 0.25) is 0 Å². The van der Waals surface area contributed by atoms with E-state index in [-0.39, 0.29) is 18.7 Å². The van der Waals surface area contributed by atoms with E-state index in [4.69, 9.17) is 9.52 Å². The number of aliphatic hydroxyl groups excluding tert-OH is 1. The van der Waals surface area contributed by atoms with Crippen LogP contribution in [0.5, 0.6) is 0 Å². The Hall–Kier alpha value is -1.49. The topological polar surface area (TPSA) is 74.5 Å². The molecule has 0 spiro atoms. The summed E-state index contributed by atoms with van der Waals surface area (Å²) in [6.07, 6.45) is 6.37. The Morgan fingerprint density at radius 1 is 1.50 bits per heavy atom. The third kappa shape index (κ3) is 4.77. The highest BCUT2D eigenvalue weighted by atomic mass is 16.3. The van der Waals surface area contributed by atoms with E-state index in [0.717, 1.165) is 43.4 Å². The fourth-order valence-electron chi connectivity index (χ4n) is 3.24. The van der Waals surface area contributed by atoms with Crippen LogP contribution < -0.4 is 10.6 Å². The van der Waals surface area contributed by atoms with Crippen molar-refractivity contribution in [1.82, 2.24) is 10.6 Å². The molecule has 1 aliphatic carbocycles. The summed E-state index contributed by atoms with van der Waals surface area (Å²) >= 11 is 0. The van der Waals surface area contributed by atoms with Crippen LogP contribution in [0.15, 0.2) is 16.7 Å². The number of aliphatic hydroxyl groups is 1. The van der Waals surface area contributed by atoms with Gasteiger partial charge in [-0.15, -0.1) is 0 Å². The lowest BCUT2D eigenvalue weighted by atomic mass is 9.93. The summed E-state index contributed by atoms with van der Waals surface area (Å²) in [6.45, 7) is 5.09. The molecule has 22 heavy (non-hydrogen) atoms. The maximum atomic E-state index is 12.1. The molecular formula is C17H28N2O3. The van der Waals surface area contributed by atoms with Crippen LogP contribution in [-0.2, 0) is 6.42 Å². The zero-order valence-electron chi connectivity index (χ0n) is 13.6. The number of nitrogens with one attached hydrogen (secondary N) is 2. The van der Waals surface area contributed by atoms with Gasteiger partial charge < -0.3 is 20.2 Å². The van der Waals surface area contributed by atoms with Crippen LogP contribution in [0.4, 0.5) is 4.79 Å². The summed E-state index contributed by atoms with van der Waals surface area (Å²) < 4.78 is 5.44. The highest BCUT2D eigenvalue weighted by molar-refractivity contribution is 5.74. The third-order valence-corrected chi connectivity index (χ3v) is 4.25. The molecule has 0 saturated carbocycles. The van der Waals surface area contributed by atoms with Crippen molar-refractivity contribution < 1.29 is 14.3 Å². The van der Waals surface area contributed by atoms with Crippen LogP contribution in [0.25, 0.3) is 0 Å². The minimum Gasteiger partial charge on any atom is -0.469 e. The number of carbonyl (C=O) groups is 1. The van der Waals surface area contributed by atoms with Gasteiger partial charge in [-0.3, -0.25) is 0 Å². The first kappa shape index (κ1) is 16.9. The van der Waals surface area contributed by atoms with E-state index in [2.05, 4.69) is 24.5 Å². The summed E-state index contributed by atoms with van der Waals surface area (Å²) in [6, 6.07) is 1.86. The predicted molar refractivity (Wildman–Crippen MR) is 85.6 cm³/mol. The molecule has 1 aliphatic rings. The Morgan fingerprint density at radius 3 is 3.05 bits per heavy atom. The summed E-state index contributed by atoms with van der Waals surface area (Å²) in [4.78, 5) is 12.1. The van der Waals surface area contributed by atoms with Gasteiger partial charge in [0, 0.05) is 25.1 Å². The minimum atomic E-state index is -0.134. The molecule has 3 N–H and O–H groups in total. The lowest BCUT2D eigenvalue weighted by Gasteiger charge is -2.24. The number of aryl methyl sites for hydroxylation is 1. The lowest BCUT2D eigenvalue weighted by Crippen LogP contribution is -2.41. The van der Waals surface area contributed by atoms with Crippen LogP contribution in [0.3, 0.4) is 0 Å². The van der Waals surface area contributed by atoms with Crippen LogP contribution in [0, 0.1) is 11.8 Å². The Morgan fingerprint density at radius 2 is 2.32 bits per heavy atom. The van der Waals surface area contributed by atoms with Gasteiger partial charge in [-0.1, -0.05) is 13.8 Å². The van der Waals surface area contributed by atoms with Crippen LogP contribution in [0.1, 0.15) is 56.9 Å². The van der Waals surface area contributed by atoms with Gasteiger partial charge in [0.15, 0.2) is 0 Å².